The summed E-state index contributed by atoms with van der Waals surface area (Å²) < 4.78 is 1.99. The molecule has 0 aliphatic heterocycles. The molecule has 86 valence electrons. The van der Waals surface area contributed by atoms with Crippen LogP contribution in [0, 0.1) is 5.41 Å². The third-order valence-electron chi connectivity index (χ3n) is 2.59. The van der Waals surface area contributed by atoms with Crippen LogP contribution in [-0.4, -0.2) is 14.7 Å². The normalized spacial score (nSPS) is 14.2. The molecule has 0 bridgehead atoms. The monoisotopic (exact) mass is 210 g/mol. The third-order valence-corrected chi connectivity index (χ3v) is 2.59. The van der Waals surface area contributed by atoms with E-state index in [0.717, 1.165) is 25.1 Å². The maximum atomic E-state index is 10.0. The van der Waals surface area contributed by atoms with Gasteiger partial charge in [-0.05, 0) is 25.2 Å². The van der Waals surface area contributed by atoms with Crippen LogP contribution in [0.1, 0.15) is 52.3 Å². The van der Waals surface area contributed by atoms with Gasteiger partial charge in [0, 0.05) is 6.54 Å². The van der Waals surface area contributed by atoms with E-state index in [0.29, 0.717) is 0 Å². The number of nitrogens with zero attached hydrogens (tertiary/aromatic N) is 2. The summed E-state index contributed by atoms with van der Waals surface area (Å²) in [5.41, 5.74) is 1.21. The van der Waals surface area contributed by atoms with Gasteiger partial charge in [0.2, 0.25) is 0 Å². The van der Waals surface area contributed by atoms with E-state index in [1.807, 2.05) is 4.57 Å². The first-order valence-corrected chi connectivity index (χ1v) is 5.62. The Morgan fingerprint density at radius 2 is 2.13 bits per heavy atom. The van der Waals surface area contributed by atoms with E-state index in [-0.39, 0.29) is 11.5 Å². The Labute approximate surface area is 92.1 Å². The third kappa shape index (κ3) is 3.67. The number of rotatable bonds is 4. The van der Waals surface area contributed by atoms with Crippen LogP contribution in [0.5, 0.6) is 0 Å². The molecule has 1 aromatic rings. The minimum Gasteiger partial charge on any atom is -0.387 e. The molecule has 1 N–H and O–H groups in total. The summed E-state index contributed by atoms with van der Waals surface area (Å²) in [7, 11) is 0. The molecule has 0 saturated carbocycles. The zero-order chi connectivity index (χ0) is 11.5. The Bertz CT molecular complexity index is 299. The van der Waals surface area contributed by atoms with Crippen LogP contribution in [0.3, 0.4) is 0 Å². The van der Waals surface area contributed by atoms with Gasteiger partial charge < -0.3 is 9.67 Å². The van der Waals surface area contributed by atoms with Crippen molar-refractivity contribution >= 4 is 0 Å². The number of hydrogen-bond acceptors (Lipinski definition) is 2. The van der Waals surface area contributed by atoms with Gasteiger partial charge in [0.1, 0.15) is 0 Å². The average molecular weight is 210 g/mol. The highest BCUT2D eigenvalue weighted by atomic mass is 16.3. The maximum absolute atomic E-state index is 10.0. The van der Waals surface area contributed by atoms with E-state index in [2.05, 4.69) is 32.7 Å². The van der Waals surface area contributed by atoms with Crippen LogP contribution in [0.4, 0.5) is 0 Å². The van der Waals surface area contributed by atoms with E-state index in [1.54, 1.807) is 12.5 Å². The Morgan fingerprint density at radius 3 is 2.67 bits per heavy atom. The standard InChI is InChI=1S/C12H22N2O/c1-5-14-9-13-8-10(14)11(15)6-7-12(2,3)4/h8-9,11,15H,5-7H2,1-4H3. The summed E-state index contributed by atoms with van der Waals surface area (Å²) in [6, 6.07) is 0. The van der Waals surface area contributed by atoms with Gasteiger partial charge in [-0.25, -0.2) is 4.98 Å². The van der Waals surface area contributed by atoms with E-state index >= 15 is 0 Å². The molecule has 1 heterocycles. The van der Waals surface area contributed by atoms with Gasteiger partial charge in [-0.2, -0.15) is 0 Å². The Kier molecular flexibility index (Phi) is 3.91. The molecule has 3 nitrogen and oxygen atoms in total. The quantitative estimate of drug-likeness (QED) is 0.829. The average Bonchev–Trinajstić information content (AvgIpc) is 2.60. The minimum atomic E-state index is -0.383. The highest BCUT2D eigenvalue weighted by molar-refractivity contribution is 5.02. The Hall–Kier alpha value is -0.830. The molecule has 15 heavy (non-hydrogen) atoms. The number of aryl methyl sites for hydroxylation is 1. The number of aliphatic hydroxyl groups excluding tert-OH is 1. The SMILES string of the molecule is CCn1cncc1C(O)CCC(C)(C)C. The molecule has 0 aromatic carbocycles. The lowest BCUT2D eigenvalue weighted by atomic mass is 9.89. The van der Waals surface area contributed by atoms with Crippen LogP contribution in [0.2, 0.25) is 0 Å². The molecule has 0 spiro atoms. The molecule has 0 amide bonds. The fourth-order valence-electron chi connectivity index (χ4n) is 1.59. The molecular weight excluding hydrogens is 188 g/mol. The molecule has 3 heteroatoms. The molecule has 1 aromatic heterocycles. The molecule has 0 aliphatic rings. The van der Waals surface area contributed by atoms with Crippen LogP contribution in [-0.2, 0) is 6.54 Å². The van der Waals surface area contributed by atoms with Gasteiger partial charge >= 0.3 is 0 Å². The zero-order valence-electron chi connectivity index (χ0n) is 10.2. The van der Waals surface area contributed by atoms with Crippen molar-refractivity contribution in [2.75, 3.05) is 0 Å². The summed E-state index contributed by atoms with van der Waals surface area (Å²) >= 11 is 0. The summed E-state index contributed by atoms with van der Waals surface area (Å²) in [5, 5.41) is 10.0. The topological polar surface area (TPSA) is 38.0 Å². The first kappa shape index (κ1) is 12.2. The Balaban J connectivity index is 2.57. The highest BCUT2D eigenvalue weighted by Crippen LogP contribution is 2.27. The predicted octanol–water partition coefficient (Wildman–Crippen LogP) is 2.76. The maximum Gasteiger partial charge on any atom is 0.0956 e. The van der Waals surface area contributed by atoms with Crippen LogP contribution >= 0.6 is 0 Å². The first-order valence-electron chi connectivity index (χ1n) is 5.62. The van der Waals surface area contributed by atoms with Crippen molar-refractivity contribution in [2.24, 2.45) is 5.41 Å². The van der Waals surface area contributed by atoms with E-state index in [4.69, 9.17) is 0 Å². The van der Waals surface area contributed by atoms with E-state index in [9.17, 15) is 5.11 Å². The van der Waals surface area contributed by atoms with Gasteiger partial charge in [0.25, 0.3) is 0 Å². The lowest BCUT2D eigenvalue weighted by molar-refractivity contribution is 0.139. The number of aliphatic hydroxyl groups is 1. The molecule has 0 saturated heterocycles. The fraction of sp³-hybridized carbons (Fsp3) is 0.750. The second-order valence-electron chi connectivity index (χ2n) is 5.22. The van der Waals surface area contributed by atoms with Crippen LogP contribution in [0.25, 0.3) is 0 Å². The van der Waals surface area contributed by atoms with Crippen molar-refractivity contribution in [2.45, 2.75) is 53.2 Å². The van der Waals surface area contributed by atoms with Gasteiger partial charge in [-0.15, -0.1) is 0 Å². The smallest absolute Gasteiger partial charge is 0.0956 e. The molecule has 1 unspecified atom stereocenters. The fourth-order valence-corrected chi connectivity index (χ4v) is 1.59. The van der Waals surface area contributed by atoms with Crippen molar-refractivity contribution in [1.29, 1.82) is 0 Å². The first-order chi connectivity index (χ1) is 6.94. The van der Waals surface area contributed by atoms with Gasteiger partial charge in [-0.1, -0.05) is 20.8 Å². The number of hydrogen-bond donors (Lipinski definition) is 1. The van der Waals surface area contributed by atoms with Gasteiger partial charge in [0.15, 0.2) is 0 Å². The zero-order valence-corrected chi connectivity index (χ0v) is 10.2. The van der Waals surface area contributed by atoms with Crippen LogP contribution < -0.4 is 0 Å². The van der Waals surface area contributed by atoms with Crippen molar-refractivity contribution in [3.05, 3.63) is 18.2 Å². The Morgan fingerprint density at radius 1 is 1.47 bits per heavy atom. The lowest BCUT2D eigenvalue weighted by Gasteiger charge is -2.20. The minimum absolute atomic E-state index is 0.276. The molecule has 0 aliphatic carbocycles. The summed E-state index contributed by atoms with van der Waals surface area (Å²) in [4.78, 5) is 4.06. The lowest BCUT2D eigenvalue weighted by Crippen LogP contribution is -2.11. The molecule has 1 rings (SSSR count). The summed E-state index contributed by atoms with van der Waals surface area (Å²) in [5.74, 6) is 0. The molecular formula is C12H22N2O. The van der Waals surface area contributed by atoms with E-state index in [1.165, 1.54) is 0 Å². The van der Waals surface area contributed by atoms with Crippen molar-refractivity contribution < 1.29 is 5.11 Å². The van der Waals surface area contributed by atoms with Gasteiger partial charge in [-0.3, -0.25) is 0 Å². The van der Waals surface area contributed by atoms with Crippen molar-refractivity contribution in [3.63, 3.8) is 0 Å². The van der Waals surface area contributed by atoms with Crippen molar-refractivity contribution in [1.82, 2.24) is 9.55 Å². The van der Waals surface area contributed by atoms with Crippen LogP contribution in [0.15, 0.2) is 12.5 Å². The molecule has 1 atom stereocenters. The second-order valence-corrected chi connectivity index (χ2v) is 5.22. The van der Waals surface area contributed by atoms with Gasteiger partial charge in [0.05, 0.1) is 24.3 Å². The second kappa shape index (κ2) is 4.79. The number of aromatic nitrogens is 2. The largest absolute Gasteiger partial charge is 0.387 e. The van der Waals surface area contributed by atoms with E-state index < -0.39 is 0 Å². The number of imidazole rings is 1. The van der Waals surface area contributed by atoms with Crippen molar-refractivity contribution in [3.8, 4) is 0 Å². The molecule has 0 fully saturated rings. The summed E-state index contributed by atoms with van der Waals surface area (Å²) in [6.07, 6.45) is 4.97. The highest BCUT2D eigenvalue weighted by Gasteiger charge is 2.16. The molecule has 0 radical (unpaired) electrons. The predicted molar refractivity (Wildman–Crippen MR) is 61.5 cm³/mol. The summed E-state index contributed by atoms with van der Waals surface area (Å²) in [6.45, 7) is 9.49.